The molecular formula is C15H19N3O3S2. The summed E-state index contributed by atoms with van der Waals surface area (Å²) in [6, 6.07) is 5.08. The summed E-state index contributed by atoms with van der Waals surface area (Å²) in [7, 11) is -3.53. The molecule has 0 aliphatic carbocycles. The third-order valence-corrected chi connectivity index (χ3v) is 6.42. The van der Waals surface area contributed by atoms with Crippen molar-refractivity contribution >= 4 is 27.3 Å². The summed E-state index contributed by atoms with van der Waals surface area (Å²) in [6.45, 7) is 4.72. The Morgan fingerprint density at radius 2 is 2.09 bits per heavy atom. The van der Waals surface area contributed by atoms with E-state index in [1.165, 1.54) is 15.8 Å². The fraction of sp³-hybridized carbons (Fsp3) is 0.333. The largest absolute Gasteiger partial charge is 0.347 e. The first-order valence-electron chi connectivity index (χ1n) is 7.24. The fourth-order valence-electron chi connectivity index (χ4n) is 2.06. The van der Waals surface area contributed by atoms with Crippen LogP contribution in [0.5, 0.6) is 0 Å². The van der Waals surface area contributed by atoms with Gasteiger partial charge in [-0.1, -0.05) is 19.9 Å². The molecule has 0 aliphatic rings. The predicted molar refractivity (Wildman–Crippen MR) is 89.8 cm³/mol. The Balaban J connectivity index is 2.08. The lowest BCUT2D eigenvalue weighted by atomic mass is 10.3. The van der Waals surface area contributed by atoms with E-state index in [0.29, 0.717) is 24.5 Å². The van der Waals surface area contributed by atoms with Gasteiger partial charge in [-0.2, -0.15) is 4.31 Å². The first-order valence-corrected chi connectivity index (χ1v) is 9.56. The molecule has 0 aliphatic heterocycles. The monoisotopic (exact) mass is 353 g/mol. The van der Waals surface area contributed by atoms with Gasteiger partial charge in [-0.05, 0) is 17.7 Å². The zero-order valence-electron chi connectivity index (χ0n) is 13.0. The minimum atomic E-state index is -3.53. The number of carbonyl (C=O) groups excluding carboxylic acids is 1. The van der Waals surface area contributed by atoms with Crippen LogP contribution in [-0.4, -0.2) is 36.7 Å². The fourth-order valence-corrected chi connectivity index (χ4v) is 4.69. The average molecular weight is 353 g/mol. The van der Waals surface area contributed by atoms with Crippen molar-refractivity contribution in [2.24, 2.45) is 0 Å². The molecule has 2 aromatic heterocycles. The third kappa shape index (κ3) is 4.15. The lowest BCUT2D eigenvalue weighted by molar-refractivity contribution is 0.0955. The van der Waals surface area contributed by atoms with Crippen LogP contribution in [0.25, 0.3) is 0 Å². The van der Waals surface area contributed by atoms with Gasteiger partial charge in [0.25, 0.3) is 5.91 Å². The summed E-state index contributed by atoms with van der Waals surface area (Å²) in [4.78, 5) is 16.7. The number of amides is 1. The molecule has 23 heavy (non-hydrogen) atoms. The van der Waals surface area contributed by atoms with Crippen molar-refractivity contribution in [1.82, 2.24) is 14.6 Å². The van der Waals surface area contributed by atoms with E-state index in [9.17, 15) is 13.2 Å². The highest BCUT2D eigenvalue weighted by atomic mass is 32.2. The Labute approximate surface area is 140 Å². The second-order valence-electron chi connectivity index (χ2n) is 4.78. The van der Waals surface area contributed by atoms with Crippen LogP contribution in [0.2, 0.25) is 0 Å². The van der Waals surface area contributed by atoms with Crippen LogP contribution in [-0.2, 0) is 16.6 Å². The first-order chi connectivity index (χ1) is 11.0. The molecule has 0 atom stereocenters. The molecule has 124 valence electrons. The number of pyridine rings is 1. The molecule has 0 bridgehead atoms. The predicted octanol–water partition coefficient (Wildman–Crippen LogP) is 2.10. The number of sulfonamides is 1. The summed E-state index contributed by atoms with van der Waals surface area (Å²) in [6.07, 6.45) is 3.33. The molecule has 8 heteroatoms. The van der Waals surface area contributed by atoms with Crippen molar-refractivity contribution in [2.45, 2.75) is 25.3 Å². The van der Waals surface area contributed by atoms with Crippen molar-refractivity contribution in [3.05, 3.63) is 46.4 Å². The zero-order chi connectivity index (χ0) is 16.9. The van der Waals surface area contributed by atoms with Crippen molar-refractivity contribution in [1.29, 1.82) is 0 Å². The number of thiophene rings is 1. The van der Waals surface area contributed by atoms with Gasteiger partial charge in [0.05, 0.1) is 9.77 Å². The van der Waals surface area contributed by atoms with Crippen LogP contribution in [0, 0.1) is 0 Å². The topological polar surface area (TPSA) is 79.4 Å². The Kier molecular flexibility index (Phi) is 5.86. The Bertz CT molecular complexity index is 753. The van der Waals surface area contributed by atoms with Gasteiger partial charge in [0.2, 0.25) is 10.0 Å². The van der Waals surface area contributed by atoms with Crippen LogP contribution in [0.4, 0.5) is 0 Å². The highest BCUT2D eigenvalue weighted by Gasteiger charge is 2.24. The quantitative estimate of drug-likeness (QED) is 0.827. The third-order valence-electron chi connectivity index (χ3n) is 3.32. The maximum absolute atomic E-state index is 12.4. The van der Waals surface area contributed by atoms with Crippen LogP contribution < -0.4 is 5.32 Å². The standard InChI is InChI=1S/C15H19N3O3S2/c1-3-18(4-2)23(20,21)13-8-14(22-11-13)15(19)17-10-12-6-5-7-16-9-12/h5-9,11H,3-4,10H2,1-2H3,(H,17,19). The van der Waals surface area contributed by atoms with Crippen LogP contribution >= 0.6 is 11.3 Å². The van der Waals surface area contributed by atoms with E-state index in [4.69, 9.17) is 0 Å². The van der Waals surface area contributed by atoms with Crippen molar-refractivity contribution in [3.63, 3.8) is 0 Å². The summed E-state index contributed by atoms with van der Waals surface area (Å²) in [5.41, 5.74) is 0.883. The van der Waals surface area contributed by atoms with Crippen LogP contribution in [0.1, 0.15) is 29.1 Å². The Hall–Kier alpha value is -1.77. The van der Waals surface area contributed by atoms with E-state index in [0.717, 1.165) is 16.9 Å². The number of nitrogens with zero attached hydrogens (tertiary/aromatic N) is 2. The normalized spacial score (nSPS) is 11.6. The summed E-state index contributed by atoms with van der Waals surface area (Å²) >= 11 is 1.12. The number of hydrogen-bond donors (Lipinski definition) is 1. The van der Waals surface area contributed by atoms with Crippen LogP contribution in [0.15, 0.2) is 40.9 Å². The summed E-state index contributed by atoms with van der Waals surface area (Å²) < 4.78 is 26.2. The molecule has 0 unspecified atom stereocenters. The molecule has 2 aromatic rings. The van der Waals surface area contributed by atoms with Crippen molar-refractivity contribution in [3.8, 4) is 0 Å². The van der Waals surface area contributed by atoms with Crippen molar-refractivity contribution in [2.75, 3.05) is 13.1 Å². The van der Waals surface area contributed by atoms with Gasteiger partial charge in [-0.3, -0.25) is 9.78 Å². The number of rotatable bonds is 7. The SMILES string of the molecule is CCN(CC)S(=O)(=O)c1csc(C(=O)NCc2cccnc2)c1. The number of carbonyl (C=O) groups is 1. The first kappa shape index (κ1) is 17.6. The van der Waals surface area contributed by atoms with Gasteiger partial charge in [0.1, 0.15) is 0 Å². The van der Waals surface area contributed by atoms with Gasteiger partial charge in [0.15, 0.2) is 0 Å². The molecular weight excluding hydrogens is 334 g/mol. The van der Waals surface area contributed by atoms with Gasteiger partial charge in [-0.15, -0.1) is 11.3 Å². The molecule has 0 fully saturated rings. The van der Waals surface area contributed by atoms with E-state index in [1.54, 1.807) is 32.3 Å². The Morgan fingerprint density at radius 3 is 2.70 bits per heavy atom. The molecule has 1 N–H and O–H groups in total. The van der Waals surface area contributed by atoms with Crippen molar-refractivity contribution < 1.29 is 13.2 Å². The molecule has 2 heterocycles. The van der Waals surface area contributed by atoms with Gasteiger partial charge >= 0.3 is 0 Å². The second-order valence-corrected chi connectivity index (χ2v) is 7.63. The minimum Gasteiger partial charge on any atom is -0.347 e. The lowest BCUT2D eigenvalue weighted by Crippen LogP contribution is -2.30. The number of hydrogen-bond acceptors (Lipinski definition) is 5. The smallest absolute Gasteiger partial charge is 0.261 e. The van der Waals surface area contributed by atoms with Gasteiger partial charge < -0.3 is 5.32 Å². The zero-order valence-corrected chi connectivity index (χ0v) is 14.7. The minimum absolute atomic E-state index is 0.165. The molecule has 2 rings (SSSR count). The Morgan fingerprint density at radius 1 is 1.35 bits per heavy atom. The molecule has 0 aromatic carbocycles. The van der Waals surface area contributed by atoms with E-state index in [1.807, 2.05) is 6.07 Å². The van der Waals surface area contributed by atoms with Gasteiger partial charge in [-0.25, -0.2) is 8.42 Å². The van der Waals surface area contributed by atoms with Crippen LogP contribution in [0.3, 0.4) is 0 Å². The van der Waals surface area contributed by atoms with E-state index < -0.39 is 10.0 Å². The summed E-state index contributed by atoms with van der Waals surface area (Å²) in [5.74, 6) is -0.292. The van der Waals surface area contributed by atoms with E-state index >= 15 is 0 Å². The van der Waals surface area contributed by atoms with Gasteiger partial charge in [0, 0.05) is 37.4 Å². The molecule has 0 saturated heterocycles. The number of nitrogens with one attached hydrogen (secondary N) is 1. The maximum Gasteiger partial charge on any atom is 0.261 e. The highest BCUT2D eigenvalue weighted by molar-refractivity contribution is 7.89. The molecule has 0 radical (unpaired) electrons. The second kappa shape index (κ2) is 7.67. The molecule has 1 amide bonds. The molecule has 0 spiro atoms. The molecule has 0 saturated carbocycles. The average Bonchev–Trinajstić information content (AvgIpc) is 3.05. The van der Waals surface area contributed by atoms with E-state index in [2.05, 4.69) is 10.3 Å². The number of aromatic nitrogens is 1. The lowest BCUT2D eigenvalue weighted by Gasteiger charge is -2.17. The highest BCUT2D eigenvalue weighted by Crippen LogP contribution is 2.22. The molecule has 6 nitrogen and oxygen atoms in total. The van der Waals surface area contributed by atoms with E-state index in [-0.39, 0.29) is 10.8 Å². The maximum atomic E-state index is 12.4. The summed E-state index contributed by atoms with van der Waals surface area (Å²) in [5, 5.41) is 4.27.